The third-order valence-corrected chi connectivity index (χ3v) is 3.69. The molecule has 12 heavy (non-hydrogen) atoms. The SMILES string of the molecule is COCCN(C)S(=O)(=O)CCCl. The molecule has 0 aromatic heterocycles. The molecule has 0 spiro atoms. The number of ether oxygens (including phenoxy) is 1. The van der Waals surface area contributed by atoms with Gasteiger partial charge in [0.25, 0.3) is 0 Å². The molecule has 0 N–H and O–H groups in total. The lowest BCUT2D eigenvalue weighted by molar-refractivity contribution is 0.185. The average Bonchev–Trinajstić information content (AvgIpc) is 2.00. The van der Waals surface area contributed by atoms with Gasteiger partial charge in [0.15, 0.2) is 0 Å². The van der Waals surface area contributed by atoms with Crippen LogP contribution in [0.25, 0.3) is 0 Å². The van der Waals surface area contributed by atoms with Crippen LogP contribution in [0.1, 0.15) is 0 Å². The summed E-state index contributed by atoms with van der Waals surface area (Å²) in [5.74, 6) is 0.106. The maximum atomic E-state index is 11.2. The van der Waals surface area contributed by atoms with E-state index < -0.39 is 10.0 Å². The van der Waals surface area contributed by atoms with Crippen molar-refractivity contribution in [3.05, 3.63) is 0 Å². The highest BCUT2D eigenvalue weighted by Crippen LogP contribution is 1.98. The second-order valence-electron chi connectivity index (χ2n) is 2.32. The van der Waals surface area contributed by atoms with Crippen LogP contribution in [-0.2, 0) is 14.8 Å². The van der Waals surface area contributed by atoms with Gasteiger partial charge in [-0.25, -0.2) is 12.7 Å². The van der Waals surface area contributed by atoms with Crippen LogP contribution in [0.3, 0.4) is 0 Å². The fourth-order valence-electron chi connectivity index (χ4n) is 0.612. The van der Waals surface area contributed by atoms with E-state index in [4.69, 9.17) is 16.3 Å². The predicted octanol–water partition coefficient (Wildman–Crippen LogP) is 0.133. The van der Waals surface area contributed by atoms with Crippen molar-refractivity contribution in [1.29, 1.82) is 0 Å². The zero-order valence-electron chi connectivity index (χ0n) is 7.29. The fraction of sp³-hybridized carbons (Fsp3) is 1.00. The number of alkyl halides is 1. The molecular formula is C6H14ClNO3S. The van der Waals surface area contributed by atoms with Crippen LogP contribution in [-0.4, -0.2) is 51.7 Å². The first-order valence-electron chi connectivity index (χ1n) is 3.53. The van der Waals surface area contributed by atoms with E-state index >= 15 is 0 Å². The zero-order valence-corrected chi connectivity index (χ0v) is 8.86. The molecule has 0 radical (unpaired) electrons. The minimum Gasteiger partial charge on any atom is -0.383 e. The van der Waals surface area contributed by atoms with Gasteiger partial charge in [-0.15, -0.1) is 11.6 Å². The molecule has 0 unspecified atom stereocenters. The Morgan fingerprint density at radius 3 is 2.50 bits per heavy atom. The van der Waals surface area contributed by atoms with Gasteiger partial charge in [-0.3, -0.25) is 0 Å². The molecule has 0 fully saturated rings. The highest BCUT2D eigenvalue weighted by atomic mass is 35.5. The van der Waals surface area contributed by atoms with Gasteiger partial charge in [-0.1, -0.05) is 0 Å². The molecule has 0 amide bonds. The van der Waals surface area contributed by atoms with Gasteiger partial charge in [0.05, 0.1) is 12.4 Å². The van der Waals surface area contributed by atoms with Gasteiger partial charge in [0.2, 0.25) is 10.0 Å². The largest absolute Gasteiger partial charge is 0.383 e. The molecule has 0 aromatic carbocycles. The summed E-state index contributed by atoms with van der Waals surface area (Å²) in [6, 6.07) is 0. The smallest absolute Gasteiger partial charge is 0.215 e. The van der Waals surface area contributed by atoms with Crippen molar-refractivity contribution in [3.8, 4) is 0 Å². The Labute approximate surface area is 78.5 Å². The van der Waals surface area contributed by atoms with E-state index in [0.717, 1.165) is 0 Å². The van der Waals surface area contributed by atoms with Crippen LogP contribution in [0.4, 0.5) is 0 Å². The standard InChI is InChI=1S/C6H14ClNO3S/c1-8(4-5-11-2)12(9,10)6-3-7/h3-6H2,1-2H3. The summed E-state index contributed by atoms with van der Waals surface area (Å²) in [6.45, 7) is 0.772. The van der Waals surface area contributed by atoms with Crippen LogP contribution in [0, 0.1) is 0 Å². The lowest BCUT2D eigenvalue weighted by Gasteiger charge is -2.15. The lowest BCUT2D eigenvalue weighted by Crippen LogP contribution is -2.32. The Bertz CT molecular complexity index is 205. The zero-order chi connectivity index (χ0) is 9.61. The second-order valence-corrected chi connectivity index (χ2v) is 4.89. The number of hydrogen-bond acceptors (Lipinski definition) is 3. The van der Waals surface area contributed by atoms with Crippen LogP contribution >= 0.6 is 11.6 Å². The van der Waals surface area contributed by atoms with Gasteiger partial charge < -0.3 is 4.74 Å². The van der Waals surface area contributed by atoms with Crippen LogP contribution in [0.5, 0.6) is 0 Å². The van der Waals surface area contributed by atoms with Crippen molar-refractivity contribution in [2.75, 3.05) is 38.9 Å². The summed E-state index contributed by atoms with van der Waals surface area (Å²) in [7, 11) is -0.117. The maximum Gasteiger partial charge on any atom is 0.215 e. The first-order chi connectivity index (χ1) is 5.54. The minimum atomic E-state index is -3.16. The summed E-state index contributed by atoms with van der Waals surface area (Å²) in [5, 5.41) is 0. The molecule has 0 aliphatic rings. The summed E-state index contributed by atoms with van der Waals surface area (Å²) < 4.78 is 28.4. The summed E-state index contributed by atoms with van der Waals surface area (Å²) in [4.78, 5) is 0. The first-order valence-corrected chi connectivity index (χ1v) is 5.68. The quantitative estimate of drug-likeness (QED) is 0.592. The third kappa shape index (κ3) is 4.25. The van der Waals surface area contributed by atoms with Crippen LogP contribution < -0.4 is 0 Å². The fourth-order valence-corrected chi connectivity index (χ4v) is 2.06. The van der Waals surface area contributed by atoms with Crippen molar-refractivity contribution >= 4 is 21.6 Å². The van der Waals surface area contributed by atoms with Gasteiger partial charge in [0.1, 0.15) is 0 Å². The number of rotatable bonds is 6. The third-order valence-electron chi connectivity index (χ3n) is 1.42. The molecule has 0 saturated carbocycles. The average molecular weight is 216 g/mol. The van der Waals surface area contributed by atoms with Gasteiger partial charge >= 0.3 is 0 Å². The van der Waals surface area contributed by atoms with Crippen LogP contribution in [0.15, 0.2) is 0 Å². The first kappa shape index (κ1) is 12.2. The molecule has 0 aromatic rings. The van der Waals surface area contributed by atoms with E-state index in [0.29, 0.717) is 13.2 Å². The summed E-state index contributed by atoms with van der Waals surface area (Å²) in [6.07, 6.45) is 0. The number of methoxy groups -OCH3 is 1. The van der Waals surface area contributed by atoms with Gasteiger partial charge in [-0.2, -0.15) is 0 Å². The molecule has 4 nitrogen and oxygen atoms in total. The Kier molecular flexibility index (Phi) is 5.82. The molecule has 0 aliphatic heterocycles. The monoisotopic (exact) mass is 215 g/mol. The summed E-state index contributed by atoms with van der Waals surface area (Å²) in [5.41, 5.74) is 0. The molecular weight excluding hydrogens is 202 g/mol. The Hall–Kier alpha value is 0.160. The Morgan fingerprint density at radius 2 is 2.08 bits per heavy atom. The Balaban J connectivity index is 3.98. The number of sulfonamides is 1. The van der Waals surface area contributed by atoms with Crippen LogP contribution in [0.2, 0.25) is 0 Å². The lowest BCUT2D eigenvalue weighted by atomic mass is 10.7. The van der Waals surface area contributed by atoms with Gasteiger partial charge in [0, 0.05) is 26.6 Å². The van der Waals surface area contributed by atoms with E-state index in [9.17, 15) is 8.42 Å². The van der Waals surface area contributed by atoms with Gasteiger partial charge in [-0.05, 0) is 0 Å². The number of nitrogens with zero attached hydrogens (tertiary/aromatic N) is 1. The van der Waals surface area contributed by atoms with Crippen molar-refractivity contribution in [2.24, 2.45) is 0 Å². The van der Waals surface area contributed by atoms with E-state index in [1.165, 1.54) is 18.5 Å². The number of halogens is 1. The normalized spacial score (nSPS) is 12.3. The second kappa shape index (κ2) is 5.75. The molecule has 0 heterocycles. The van der Waals surface area contributed by atoms with Crippen molar-refractivity contribution in [1.82, 2.24) is 4.31 Å². The van der Waals surface area contributed by atoms with Crippen molar-refractivity contribution in [3.63, 3.8) is 0 Å². The predicted molar refractivity (Wildman–Crippen MR) is 49.0 cm³/mol. The molecule has 0 atom stereocenters. The van der Waals surface area contributed by atoms with E-state index in [-0.39, 0.29) is 11.6 Å². The Morgan fingerprint density at radius 1 is 1.50 bits per heavy atom. The molecule has 0 aliphatic carbocycles. The molecule has 0 rings (SSSR count). The molecule has 0 saturated heterocycles. The molecule has 6 heteroatoms. The highest BCUT2D eigenvalue weighted by molar-refractivity contribution is 7.89. The molecule has 0 bridgehead atoms. The maximum absolute atomic E-state index is 11.2. The number of likely N-dealkylation sites (N-methyl/N-ethyl adjacent to an activating group) is 1. The van der Waals surface area contributed by atoms with Crippen molar-refractivity contribution in [2.45, 2.75) is 0 Å². The summed E-state index contributed by atoms with van der Waals surface area (Å²) >= 11 is 5.33. The minimum absolute atomic E-state index is 0.0191. The van der Waals surface area contributed by atoms with E-state index in [1.807, 2.05) is 0 Å². The topological polar surface area (TPSA) is 46.6 Å². The molecule has 74 valence electrons. The number of hydrogen-bond donors (Lipinski definition) is 0. The highest BCUT2D eigenvalue weighted by Gasteiger charge is 2.15. The van der Waals surface area contributed by atoms with E-state index in [2.05, 4.69) is 0 Å². The van der Waals surface area contributed by atoms with E-state index in [1.54, 1.807) is 0 Å². The van der Waals surface area contributed by atoms with Crippen molar-refractivity contribution < 1.29 is 13.2 Å².